The van der Waals surface area contributed by atoms with Gasteiger partial charge in [-0.2, -0.15) is 0 Å². The maximum atomic E-state index is 8.73. The van der Waals surface area contributed by atoms with E-state index in [1.54, 1.807) is 0 Å². The number of benzene rings is 1. The van der Waals surface area contributed by atoms with Crippen LogP contribution in [0.1, 0.15) is 24.0 Å². The maximum absolute atomic E-state index is 8.73. The number of hydrogen-bond acceptors (Lipinski definition) is 3. The van der Waals surface area contributed by atoms with Crippen molar-refractivity contribution >= 4 is 0 Å². The van der Waals surface area contributed by atoms with Crippen molar-refractivity contribution in [3.05, 3.63) is 29.3 Å². The van der Waals surface area contributed by atoms with Crippen LogP contribution >= 0.6 is 0 Å². The molecule has 0 aliphatic heterocycles. The third-order valence-corrected chi connectivity index (χ3v) is 2.79. The molecule has 0 heterocycles. The lowest BCUT2D eigenvalue weighted by atomic mass is 10.1. The number of ether oxygens (including phenoxy) is 2. The molecule has 1 aromatic carbocycles. The molecule has 0 bridgehead atoms. The Balaban J connectivity index is 1.92. The average molecular weight is 246 g/mol. The van der Waals surface area contributed by atoms with Crippen molar-refractivity contribution in [3.8, 4) is 17.6 Å². The van der Waals surface area contributed by atoms with Gasteiger partial charge < -0.3 is 14.6 Å². The topological polar surface area (TPSA) is 38.7 Å². The molecule has 0 aromatic heterocycles. The summed E-state index contributed by atoms with van der Waals surface area (Å²) >= 11 is 0. The maximum Gasteiger partial charge on any atom is 0.189 e. The van der Waals surface area contributed by atoms with Gasteiger partial charge in [-0.05, 0) is 43.4 Å². The van der Waals surface area contributed by atoms with Crippen LogP contribution in [0.5, 0.6) is 5.75 Å². The lowest BCUT2D eigenvalue weighted by Gasteiger charge is -2.09. The highest BCUT2D eigenvalue weighted by Crippen LogP contribution is 2.28. The van der Waals surface area contributed by atoms with Crippen molar-refractivity contribution in [2.45, 2.75) is 19.8 Å². The molecule has 3 nitrogen and oxygen atoms in total. The van der Waals surface area contributed by atoms with E-state index >= 15 is 0 Å². The zero-order valence-corrected chi connectivity index (χ0v) is 10.6. The average Bonchev–Trinajstić information content (AvgIpc) is 3.18. The number of hydrogen-bond donors (Lipinski definition) is 1. The molecule has 1 aromatic rings. The molecule has 96 valence electrons. The number of rotatable bonds is 5. The second-order valence-corrected chi connectivity index (χ2v) is 4.54. The summed E-state index contributed by atoms with van der Waals surface area (Å²) in [7, 11) is 0. The number of aliphatic hydroxyl groups excluding tert-OH is 1. The van der Waals surface area contributed by atoms with Crippen LogP contribution in [0.2, 0.25) is 0 Å². The smallest absolute Gasteiger partial charge is 0.189 e. The zero-order valence-electron chi connectivity index (χ0n) is 10.6. The van der Waals surface area contributed by atoms with E-state index in [9.17, 15) is 0 Å². The van der Waals surface area contributed by atoms with E-state index in [-0.39, 0.29) is 13.4 Å². The van der Waals surface area contributed by atoms with Crippen LogP contribution in [-0.4, -0.2) is 25.1 Å². The third-order valence-electron chi connectivity index (χ3n) is 2.79. The van der Waals surface area contributed by atoms with Gasteiger partial charge in [0.15, 0.2) is 6.79 Å². The molecule has 2 rings (SSSR count). The van der Waals surface area contributed by atoms with E-state index < -0.39 is 0 Å². The summed E-state index contributed by atoms with van der Waals surface area (Å²) in [6.45, 7) is 2.89. The highest BCUT2D eigenvalue weighted by Gasteiger charge is 2.21. The molecule has 3 heteroatoms. The van der Waals surface area contributed by atoms with Crippen LogP contribution in [0.15, 0.2) is 18.2 Å². The lowest BCUT2D eigenvalue weighted by Crippen LogP contribution is -2.06. The van der Waals surface area contributed by atoms with Gasteiger partial charge in [-0.15, -0.1) is 0 Å². The summed E-state index contributed by atoms with van der Waals surface area (Å²) in [5.74, 6) is 6.96. The van der Waals surface area contributed by atoms with Crippen LogP contribution in [0, 0.1) is 24.7 Å². The minimum atomic E-state index is -0.147. The Bertz CT molecular complexity index is 453. The molecule has 0 atom stereocenters. The van der Waals surface area contributed by atoms with Crippen molar-refractivity contribution in [1.29, 1.82) is 0 Å². The molecule has 1 aliphatic carbocycles. The van der Waals surface area contributed by atoms with E-state index in [0.717, 1.165) is 23.7 Å². The number of aryl methyl sites for hydroxylation is 1. The van der Waals surface area contributed by atoms with Crippen LogP contribution in [-0.2, 0) is 4.74 Å². The van der Waals surface area contributed by atoms with Gasteiger partial charge in [0.1, 0.15) is 12.4 Å². The molecule has 1 N–H and O–H groups in total. The molecule has 1 fully saturated rings. The second-order valence-electron chi connectivity index (χ2n) is 4.54. The first kappa shape index (κ1) is 12.9. The van der Waals surface area contributed by atoms with Gasteiger partial charge in [-0.1, -0.05) is 17.9 Å². The van der Waals surface area contributed by atoms with E-state index in [1.807, 2.05) is 25.1 Å². The minimum Gasteiger partial charge on any atom is -0.466 e. The first-order chi connectivity index (χ1) is 8.79. The first-order valence-electron chi connectivity index (χ1n) is 6.20. The fourth-order valence-corrected chi connectivity index (χ4v) is 1.61. The van der Waals surface area contributed by atoms with Gasteiger partial charge in [-0.3, -0.25) is 0 Å². The van der Waals surface area contributed by atoms with Gasteiger partial charge in [0.25, 0.3) is 0 Å². The SMILES string of the molecule is Cc1ccc(OCOCC2CC2)c(C#CCO)c1. The van der Waals surface area contributed by atoms with E-state index in [0.29, 0.717) is 5.75 Å². The Labute approximate surface area is 108 Å². The molecule has 0 radical (unpaired) electrons. The molecular weight excluding hydrogens is 228 g/mol. The molecule has 18 heavy (non-hydrogen) atoms. The molecule has 1 saturated carbocycles. The van der Waals surface area contributed by atoms with Crippen molar-refractivity contribution < 1.29 is 14.6 Å². The predicted molar refractivity (Wildman–Crippen MR) is 69.3 cm³/mol. The molecule has 0 saturated heterocycles. The van der Waals surface area contributed by atoms with E-state index in [4.69, 9.17) is 14.6 Å². The Kier molecular flexibility index (Phi) is 4.63. The largest absolute Gasteiger partial charge is 0.466 e. The summed E-state index contributed by atoms with van der Waals surface area (Å²) in [6, 6.07) is 5.80. The van der Waals surface area contributed by atoms with Crippen LogP contribution in [0.3, 0.4) is 0 Å². The molecule has 0 unspecified atom stereocenters. The highest BCUT2D eigenvalue weighted by molar-refractivity contribution is 5.48. The van der Waals surface area contributed by atoms with Gasteiger partial charge in [0.2, 0.25) is 0 Å². The fraction of sp³-hybridized carbons (Fsp3) is 0.467. The fourth-order valence-electron chi connectivity index (χ4n) is 1.61. The Hall–Kier alpha value is -1.50. The standard InChI is InChI=1S/C15H18O3/c1-12-4-7-15(14(9-12)3-2-8-16)18-11-17-10-13-5-6-13/h4,7,9,13,16H,5-6,8,10-11H2,1H3. The first-order valence-corrected chi connectivity index (χ1v) is 6.20. The van der Waals surface area contributed by atoms with Crippen molar-refractivity contribution in [2.24, 2.45) is 5.92 Å². The monoisotopic (exact) mass is 246 g/mol. The Morgan fingerprint density at radius 1 is 1.39 bits per heavy atom. The van der Waals surface area contributed by atoms with Gasteiger partial charge in [0, 0.05) is 0 Å². The van der Waals surface area contributed by atoms with Gasteiger partial charge >= 0.3 is 0 Å². The second kappa shape index (κ2) is 6.44. The van der Waals surface area contributed by atoms with Gasteiger partial charge in [0.05, 0.1) is 12.2 Å². The lowest BCUT2D eigenvalue weighted by molar-refractivity contribution is 0.00982. The van der Waals surface area contributed by atoms with Crippen LogP contribution < -0.4 is 4.74 Å². The molecular formula is C15H18O3. The van der Waals surface area contributed by atoms with Crippen molar-refractivity contribution in [1.82, 2.24) is 0 Å². The Morgan fingerprint density at radius 2 is 2.22 bits per heavy atom. The summed E-state index contributed by atoms with van der Waals surface area (Å²) < 4.78 is 11.0. The van der Waals surface area contributed by atoms with Crippen molar-refractivity contribution in [2.75, 3.05) is 20.0 Å². The Morgan fingerprint density at radius 3 is 2.94 bits per heavy atom. The number of aliphatic hydroxyl groups is 1. The van der Waals surface area contributed by atoms with Gasteiger partial charge in [-0.25, -0.2) is 0 Å². The predicted octanol–water partition coefficient (Wildman–Crippen LogP) is 2.10. The minimum absolute atomic E-state index is 0.147. The van der Waals surface area contributed by atoms with Crippen LogP contribution in [0.25, 0.3) is 0 Å². The normalized spacial score (nSPS) is 13.9. The summed E-state index contributed by atoms with van der Waals surface area (Å²) in [6.07, 6.45) is 2.55. The van der Waals surface area contributed by atoms with Crippen LogP contribution in [0.4, 0.5) is 0 Å². The quantitative estimate of drug-likeness (QED) is 0.491. The molecule has 1 aliphatic rings. The van der Waals surface area contributed by atoms with Crippen molar-refractivity contribution in [3.63, 3.8) is 0 Å². The zero-order chi connectivity index (χ0) is 12.8. The summed E-state index contributed by atoms with van der Waals surface area (Å²) in [5.41, 5.74) is 1.91. The molecule has 0 spiro atoms. The summed E-state index contributed by atoms with van der Waals surface area (Å²) in [4.78, 5) is 0. The van der Waals surface area contributed by atoms with E-state index in [2.05, 4.69) is 11.8 Å². The van der Waals surface area contributed by atoms with E-state index in [1.165, 1.54) is 12.8 Å². The summed E-state index contributed by atoms with van der Waals surface area (Å²) in [5, 5.41) is 8.73. The molecule has 0 amide bonds. The third kappa shape index (κ3) is 4.06. The highest BCUT2D eigenvalue weighted by atomic mass is 16.7.